The Bertz CT molecular complexity index is 1270. The van der Waals surface area contributed by atoms with Gasteiger partial charge in [-0.3, -0.25) is 18.7 Å². The van der Waals surface area contributed by atoms with Crippen molar-refractivity contribution in [3.05, 3.63) is 98.6 Å². The van der Waals surface area contributed by atoms with Crippen LogP contribution in [-0.4, -0.2) is 19.3 Å². The highest BCUT2D eigenvalue weighted by Gasteiger charge is 2.13. The molecule has 2 aromatic carbocycles. The fraction of sp³-hybridized carbons (Fsp3) is 0.143. The van der Waals surface area contributed by atoms with Crippen LogP contribution < -0.4 is 11.1 Å². The van der Waals surface area contributed by atoms with Gasteiger partial charge in [0.15, 0.2) is 0 Å². The lowest BCUT2D eigenvalue weighted by Gasteiger charge is -2.09. The van der Waals surface area contributed by atoms with E-state index in [4.69, 9.17) is 4.52 Å². The van der Waals surface area contributed by atoms with Crippen molar-refractivity contribution in [1.29, 1.82) is 0 Å². The Hall–Kier alpha value is -3.74. The van der Waals surface area contributed by atoms with E-state index in [2.05, 4.69) is 10.1 Å². The molecule has 7 nitrogen and oxygen atoms in total. The number of para-hydroxylation sites is 1. The van der Waals surface area contributed by atoms with Gasteiger partial charge in [-0.1, -0.05) is 47.6 Å². The molecule has 0 fully saturated rings. The van der Waals surface area contributed by atoms with Gasteiger partial charge < -0.3 is 4.52 Å². The summed E-state index contributed by atoms with van der Waals surface area (Å²) in [7, 11) is 0. The number of rotatable bonds is 4. The molecule has 0 saturated carbocycles. The van der Waals surface area contributed by atoms with E-state index in [1.165, 1.54) is 9.13 Å². The molecule has 0 aliphatic carbocycles. The molecule has 28 heavy (non-hydrogen) atoms. The summed E-state index contributed by atoms with van der Waals surface area (Å²) in [6.07, 6.45) is 3.12. The summed E-state index contributed by atoms with van der Waals surface area (Å²) in [6.45, 7) is 3.88. The molecule has 0 N–H and O–H groups in total. The first-order valence-corrected chi connectivity index (χ1v) is 8.81. The first-order chi connectivity index (χ1) is 13.5. The summed E-state index contributed by atoms with van der Waals surface area (Å²) in [6, 6.07) is 15.1. The molecule has 0 amide bonds. The summed E-state index contributed by atoms with van der Waals surface area (Å²) < 4.78 is 7.90. The van der Waals surface area contributed by atoms with E-state index in [-0.39, 0.29) is 12.4 Å². The zero-order valence-electron chi connectivity index (χ0n) is 15.5. The Labute approximate surface area is 160 Å². The van der Waals surface area contributed by atoms with Gasteiger partial charge in [-0.05, 0) is 31.0 Å². The van der Waals surface area contributed by atoms with Gasteiger partial charge in [0.25, 0.3) is 0 Å². The van der Waals surface area contributed by atoms with Gasteiger partial charge >= 0.3 is 11.1 Å². The summed E-state index contributed by atoms with van der Waals surface area (Å²) in [4.78, 5) is 29.5. The smallest absolute Gasteiger partial charge is 0.320 e. The van der Waals surface area contributed by atoms with E-state index in [1.807, 2.05) is 56.3 Å². The van der Waals surface area contributed by atoms with Crippen LogP contribution in [0, 0.1) is 13.8 Å². The lowest BCUT2D eigenvalue weighted by Crippen LogP contribution is -2.40. The standard InChI is InChI=1S/C21H18N4O3/c1-14-7-3-5-9-16(14)19-22-18(28-23-19)13-24-11-12-25(21(27)20(24)26)17-10-6-4-8-15(17)2/h3-12H,13H2,1-2H3. The van der Waals surface area contributed by atoms with Crippen LogP contribution in [0.3, 0.4) is 0 Å². The second kappa shape index (κ2) is 7.11. The zero-order valence-corrected chi connectivity index (χ0v) is 15.5. The normalized spacial score (nSPS) is 10.9. The Balaban J connectivity index is 1.66. The van der Waals surface area contributed by atoms with E-state index in [1.54, 1.807) is 18.5 Å². The van der Waals surface area contributed by atoms with Crippen LogP contribution in [0.1, 0.15) is 17.0 Å². The van der Waals surface area contributed by atoms with Crippen LogP contribution in [0.5, 0.6) is 0 Å². The van der Waals surface area contributed by atoms with E-state index >= 15 is 0 Å². The predicted octanol–water partition coefficient (Wildman–Crippen LogP) is 2.71. The van der Waals surface area contributed by atoms with E-state index in [0.29, 0.717) is 11.5 Å². The summed E-state index contributed by atoms with van der Waals surface area (Å²) in [5.41, 5.74) is 2.18. The van der Waals surface area contributed by atoms with Crippen molar-refractivity contribution < 1.29 is 4.52 Å². The van der Waals surface area contributed by atoms with Crippen LogP contribution in [0.25, 0.3) is 17.1 Å². The monoisotopic (exact) mass is 374 g/mol. The fourth-order valence-electron chi connectivity index (χ4n) is 3.05. The third-order valence-electron chi connectivity index (χ3n) is 4.59. The molecule has 2 heterocycles. The molecule has 0 radical (unpaired) electrons. The van der Waals surface area contributed by atoms with Gasteiger partial charge in [0.1, 0.15) is 6.54 Å². The number of benzene rings is 2. The van der Waals surface area contributed by atoms with Crippen molar-refractivity contribution in [1.82, 2.24) is 19.3 Å². The van der Waals surface area contributed by atoms with E-state index in [0.717, 1.165) is 16.7 Å². The quantitative estimate of drug-likeness (QED) is 0.513. The van der Waals surface area contributed by atoms with Crippen LogP contribution in [0.2, 0.25) is 0 Å². The Kier molecular flexibility index (Phi) is 4.49. The first kappa shape index (κ1) is 17.7. The average Bonchev–Trinajstić information content (AvgIpc) is 3.15. The molecule has 4 aromatic rings. The topological polar surface area (TPSA) is 82.9 Å². The maximum atomic E-state index is 12.6. The van der Waals surface area contributed by atoms with E-state index in [9.17, 15) is 9.59 Å². The second-order valence-electron chi connectivity index (χ2n) is 6.52. The highest BCUT2D eigenvalue weighted by Crippen LogP contribution is 2.19. The number of hydrogen-bond donors (Lipinski definition) is 0. The summed E-state index contributed by atoms with van der Waals surface area (Å²) in [5, 5.41) is 3.99. The Morgan fingerprint density at radius 2 is 1.61 bits per heavy atom. The zero-order chi connectivity index (χ0) is 19.7. The van der Waals surface area contributed by atoms with Crippen LogP contribution in [-0.2, 0) is 6.54 Å². The van der Waals surface area contributed by atoms with Gasteiger partial charge in [-0.15, -0.1) is 0 Å². The second-order valence-corrected chi connectivity index (χ2v) is 6.52. The molecule has 0 spiro atoms. The average molecular weight is 374 g/mol. The highest BCUT2D eigenvalue weighted by molar-refractivity contribution is 5.58. The minimum absolute atomic E-state index is 0.0293. The van der Waals surface area contributed by atoms with Gasteiger partial charge in [-0.2, -0.15) is 4.98 Å². The molecular formula is C21H18N4O3. The minimum Gasteiger partial charge on any atom is -0.337 e. The van der Waals surface area contributed by atoms with Crippen molar-refractivity contribution in [2.24, 2.45) is 0 Å². The third kappa shape index (κ3) is 3.18. The van der Waals surface area contributed by atoms with Crippen molar-refractivity contribution in [3.8, 4) is 17.1 Å². The Morgan fingerprint density at radius 1 is 0.893 bits per heavy atom. The molecule has 140 valence electrons. The van der Waals surface area contributed by atoms with Crippen LogP contribution in [0.4, 0.5) is 0 Å². The number of nitrogens with zero attached hydrogens (tertiary/aromatic N) is 4. The van der Waals surface area contributed by atoms with Gasteiger partial charge in [0, 0.05) is 18.0 Å². The molecule has 4 rings (SSSR count). The van der Waals surface area contributed by atoms with Gasteiger partial charge in [0.2, 0.25) is 11.7 Å². The molecule has 0 unspecified atom stereocenters. The van der Waals surface area contributed by atoms with Crippen LogP contribution in [0.15, 0.2) is 75.0 Å². The molecule has 0 atom stereocenters. The van der Waals surface area contributed by atoms with Crippen molar-refractivity contribution >= 4 is 0 Å². The maximum Gasteiger partial charge on any atom is 0.320 e. The molecule has 0 saturated heterocycles. The fourth-order valence-corrected chi connectivity index (χ4v) is 3.05. The van der Waals surface area contributed by atoms with Crippen molar-refractivity contribution in [2.45, 2.75) is 20.4 Å². The number of aryl methyl sites for hydroxylation is 2. The largest absolute Gasteiger partial charge is 0.337 e. The number of hydrogen-bond acceptors (Lipinski definition) is 5. The molecule has 0 aliphatic rings. The molecule has 0 bridgehead atoms. The molecular weight excluding hydrogens is 356 g/mol. The maximum absolute atomic E-state index is 12.6. The highest BCUT2D eigenvalue weighted by atomic mass is 16.5. The minimum atomic E-state index is -0.651. The van der Waals surface area contributed by atoms with Gasteiger partial charge in [-0.25, -0.2) is 0 Å². The van der Waals surface area contributed by atoms with Crippen LogP contribution >= 0.6 is 0 Å². The molecule has 0 aliphatic heterocycles. The SMILES string of the molecule is Cc1ccccc1-c1noc(Cn2ccn(-c3ccccc3C)c(=O)c2=O)n1. The summed E-state index contributed by atoms with van der Waals surface area (Å²) in [5.74, 6) is 0.711. The Morgan fingerprint density at radius 3 is 2.36 bits per heavy atom. The molecule has 7 heteroatoms. The third-order valence-corrected chi connectivity index (χ3v) is 4.59. The predicted molar refractivity (Wildman–Crippen MR) is 105 cm³/mol. The summed E-state index contributed by atoms with van der Waals surface area (Å²) >= 11 is 0. The number of aromatic nitrogens is 4. The van der Waals surface area contributed by atoms with Crippen molar-refractivity contribution in [2.75, 3.05) is 0 Å². The van der Waals surface area contributed by atoms with Gasteiger partial charge in [0.05, 0.1) is 5.69 Å². The lowest BCUT2D eigenvalue weighted by atomic mass is 10.1. The molecule has 2 aromatic heterocycles. The first-order valence-electron chi connectivity index (χ1n) is 8.81. The lowest BCUT2D eigenvalue weighted by molar-refractivity contribution is 0.369. The van der Waals surface area contributed by atoms with Crippen molar-refractivity contribution in [3.63, 3.8) is 0 Å². The van der Waals surface area contributed by atoms with E-state index < -0.39 is 11.1 Å².